The normalized spacial score (nSPS) is 15.6. The number of benzene rings is 3. The van der Waals surface area contributed by atoms with Crippen LogP contribution in [0.4, 0.5) is 11.4 Å². The molecule has 0 aliphatic carbocycles. The smallest absolute Gasteiger partial charge is 0.244 e. The summed E-state index contributed by atoms with van der Waals surface area (Å²) in [6, 6.07) is 22.8. The van der Waals surface area contributed by atoms with Crippen LogP contribution >= 0.6 is 0 Å². The molecule has 0 aromatic heterocycles. The summed E-state index contributed by atoms with van der Waals surface area (Å²) in [6.45, 7) is 7.28. The molecule has 188 valence electrons. The Hall–Kier alpha value is -4.05. The average Bonchev–Trinajstić information content (AvgIpc) is 3.36. The van der Waals surface area contributed by atoms with Crippen LogP contribution in [0.3, 0.4) is 0 Å². The molecule has 2 heterocycles. The first-order valence-electron chi connectivity index (χ1n) is 13.2. The van der Waals surface area contributed by atoms with Gasteiger partial charge < -0.3 is 15.0 Å². The molecule has 1 N–H and O–H groups in total. The van der Waals surface area contributed by atoms with Gasteiger partial charge in [-0.3, -0.25) is 4.79 Å². The first-order valence-corrected chi connectivity index (χ1v) is 13.2. The van der Waals surface area contributed by atoms with Crippen molar-refractivity contribution >= 4 is 28.4 Å². The largest absolute Gasteiger partial charge is 0.493 e. The molecule has 4 nitrogen and oxygen atoms in total. The van der Waals surface area contributed by atoms with Gasteiger partial charge in [-0.2, -0.15) is 0 Å². The molecular weight excluding hydrogens is 456 g/mol. The molecule has 37 heavy (non-hydrogen) atoms. The molecule has 4 heteroatoms. The number of rotatable bonds is 7. The van der Waals surface area contributed by atoms with Crippen LogP contribution in [-0.2, 0) is 11.2 Å². The molecule has 0 fully saturated rings. The molecule has 0 atom stereocenters. The zero-order valence-corrected chi connectivity index (χ0v) is 21.9. The van der Waals surface area contributed by atoms with Crippen molar-refractivity contribution in [1.82, 2.24) is 0 Å². The maximum Gasteiger partial charge on any atom is 0.244 e. The number of carbonyl (C=O) groups excluding carboxylic acids is 1. The summed E-state index contributed by atoms with van der Waals surface area (Å²) in [5.41, 5.74) is 9.96. The standard InChI is InChI=1S/C33H34N2O2/c1-4-10-27(24-13-7-6-8-14-24)30-21-35(22-33(36)34-26-15-9-12-23(3)18-26)31-19-25-16-17-37-32(25)20-29(31)28(30)11-5-2/h6-15,18-21H,4-5,16-17,22H2,1-3H3,(H,34,36)/b27-10-,28-11?. The van der Waals surface area contributed by atoms with Gasteiger partial charge >= 0.3 is 0 Å². The van der Waals surface area contributed by atoms with Crippen LogP contribution < -0.4 is 15.0 Å². The van der Waals surface area contributed by atoms with Gasteiger partial charge in [0.15, 0.2) is 0 Å². The first-order chi connectivity index (χ1) is 18.1. The van der Waals surface area contributed by atoms with E-state index in [2.05, 4.69) is 78.8 Å². The zero-order valence-electron chi connectivity index (χ0n) is 21.9. The summed E-state index contributed by atoms with van der Waals surface area (Å²) in [7, 11) is 0. The van der Waals surface area contributed by atoms with Gasteiger partial charge in [-0.05, 0) is 71.9 Å². The lowest BCUT2D eigenvalue weighted by Crippen LogP contribution is -2.32. The summed E-state index contributed by atoms with van der Waals surface area (Å²) >= 11 is 0. The highest BCUT2D eigenvalue weighted by molar-refractivity contribution is 6.05. The van der Waals surface area contributed by atoms with Crippen molar-refractivity contribution in [2.24, 2.45) is 0 Å². The van der Waals surface area contributed by atoms with Gasteiger partial charge in [0.1, 0.15) is 12.3 Å². The fraction of sp³-hybridized carbons (Fsp3) is 0.242. The molecule has 3 aromatic rings. The second kappa shape index (κ2) is 10.9. The highest BCUT2D eigenvalue weighted by Crippen LogP contribution is 2.46. The zero-order chi connectivity index (χ0) is 25.8. The molecule has 0 radical (unpaired) electrons. The Bertz CT molecular complexity index is 1400. The summed E-state index contributed by atoms with van der Waals surface area (Å²) in [4.78, 5) is 15.4. The van der Waals surface area contributed by atoms with Gasteiger partial charge in [-0.15, -0.1) is 0 Å². The summed E-state index contributed by atoms with van der Waals surface area (Å²) in [5.74, 6) is 0.902. The Kier molecular flexibility index (Phi) is 7.27. The number of ether oxygens (including phenoxy) is 1. The van der Waals surface area contributed by atoms with Crippen molar-refractivity contribution in [3.05, 3.63) is 113 Å². The number of allylic oxidation sites excluding steroid dienone is 5. The van der Waals surface area contributed by atoms with Crippen molar-refractivity contribution in [3.8, 4) is 5.75 Å². The molecule has 0 spiro atoms. The minimum Gasteiger partial charge on any atom is -0.493 e. The number of amides is 1. The number of hydrogen-bond donors (Lipinski definition) is 1. The Balaban J connectivity index is 1.60. The first kappa shape index (κ1) is 24.6. The molecule has 0 saturated carbocycles. The molecule has 2 aliphatic rings. The number of anilines is 2. The van der Waals surface area contributed by atoms with Crippen LogP contribution in [-0.4, -0.2) is 19.1 Å². The lowest BCUT2D eigenvalue weighted by molar-refractivity contribution is -0.114. The molecule has 3 aromatic carbocycles. The maximum absolute atomic E-state index is 13.3. The van der Waals surface area contributed by atoms with E-state index in [1.165, 1.54) is 22.3 Å². The van der Waals surface area contributed by atoms with Crippen molar-refractivity contribution in [3.63, 3.8) is 0 Å². The van der Waals surface area contributed by atoms with E-state index in [1.807, 2.05) is 37.3 Å². The Morgan fingerprint density at radius 2 is 1.86 bits per heavy atom. The van der Waals surface area contributed by atoms with Crippen LogP contribution in [0, 0.1) is 6.92 Å². The predicted molar refractivity (Wildman–Crippen MR) is 154 cm³/mol. The average molecular weight is 491 g/mol. The van der Waals surface area contributed by atoms with E-state index in [9.17, 15) is 4.79 Å². The van der Waals surface area contributed by atoms with E-state index < -0.39 is 0 Å². The van der Waals surface area contributed by atoms with Crippen molar-refractivity contribution < 1.29 is 9.53 Å². The van der Waals surface area contributed by atoms with Gasteiger partial charge in [0.2, 0.25) is 5.91 Å². The van der Waals surface area contributed by atoms with E-state index in [0.717, 1.165) is 53.1 Å². The van der Waals surface area contributed by atoms with Gasteiger partial charge in [0, 0.05) is 35.1 Å². The number of fused-ring (bicyclic) bond motifs is 2. The Labute approximate surface area is 220 Å². The SMILES string of the molecule is CCC=C1C(/C(=C\CC)c2ccccc2)=CN(CC(=O)Nc2cccc(C)c2)c2cc3c(cc21)OCC3. The van der Waals surface area contributed by atoms with Crippen molar-refractivity contribution in [2.75, 3.05) is 23.4 Å². The van der Waals surface area contributed by atoms with Crippen LogP contribution in [0.25, 0.3) is 11.1 Å². The fourth-order valence-corrected chi connectivity index (χ4v) is 5.16. The van der Waals surface area contributed by atoms with E-state index in [4.69, 9.17) is 4.74 Å². The highest BCUT2D eigenvalue weighted by atomic mass is 16.5. The fourth-order valence-electron chi connectivity index (χ4n) is 5.16. The highest BCUT2D eigenvalue weighted by Gasteiger charge is 2.28. The number of aryl methyl sites for hydroxylation is 1. The second-order valence-corrected chi connectivity index (χ2v) is 9.58. The summed E-state index contributed by atoms with van der Waals surface area (Å²) in [5, 5.41) is 3.09. The van der Waals surface area contributed by atoms with E-state index in [-0.39, 0.29) is 12.5 Å². The molecule has 0 bridgehead atoms. The summed E-state index contributed by atoms with van der Waals surface area (Å²) in [6.07, 6.45) is 9.45. The third kappa shape index (κ3) is 5.24. The van der Waals surface area contributed by atoms with Crippen LogP contribution in [0.15, 0.2) is 90.7 Å². The second-order valence-electron chi connectivity index (χ2n) is 9.58. The summed E-state index contributed by atoms with van der Waals surface area (Å²) < 4.78 is 5.97. The third-order valence-corrected chi connectivity index (χ3v) is 6.79. The lowest BCUT2D eigenvalue weighted by Gasteiger charge is -2.32. The number of nitrogens with zero attached hydrogens (tertiary/aromatic N) is 1. The number of nitrogens with one attached hydrogen (secondary N) is 1. The number of hydrogen-bond acceptors (Lipinski definition) is 3. The Morgan fingerprint density at radius 3 is 2.62 bits per heavy atom. The van der Waals surface area contributed by atoms with Gasteiger partial charge in [0.05, 0.1) is 6.61 Å². The topological polar surface area (TPSA) is 41.6 Å². The molecule has 1 amide bonds. The quantitative estimate of drug-likeness (QED) is 0.372. The van der Waals surface area contributed by atoms with Crippen molar-refractivity contribution in [2.45, 2.75) is 40.0 Å². The van der Waals surface area contributed by atoms with Crippen LogP contribution in [0.5, 0.6) is 5.75 Å². The minimum atomic E-state index is -0.0486. The minimum absolute atomic E-state index is 0.0486. The maximum atomic E-state index is 13.3. The van der Waals surface area contributed by atoms with Gasteiger partial charge in [-0.25, -0.2) is 0 Å². The number of carbonyl (C=O) groups is 1. The molecule has 2 aliphatic heterocycles. The van der Waals surface area contributed by atoms with Crippen LogP contribution in [0.1, 0.15) is 48.9 Å². The molecule has 5 rings (SSSR count). The lowest BCUT2D eigenvalue weighted by atomic mass is 9.84. The van der Waals surface area contributed by atoms with E-state index in [0.29, 0.717) is 6.61 Å². The predicted octanol–water partition coefficient (Wildman–Crippen LogP) is 7.56. The molecule has 0 unspecified atom stereocenters. The monoisotopic (exact) mass is 490 g/mol. The van der Waals surface area contributed by atoms with Gasteiger partial charge in [0.25, 0.3) is 0 Å². The van der Waals surface area contributed by atoms with E-state index in [1.54, 1.807) is 0 Å². The van der Waals surface area contributed by atoms with Gasteiger partial charge in [-0.1, -0.05) is 68.5 Å². The third-order valence-electron chi connectivity index (χ3n) is 6.79. The van der Waals surface area contributed by atoms with Crippen molar-refractivity contribution in [1.29, 1.82) is 0 Å². The van der Waals surface area contributed by atoms with E-state index >= 15 is 0 Å². The molecule has 0 saturated heterocycles. The van der Waals surface area contributed by atoms with Crippen LogP contribution in [0.2, 0.25) is 0 Å². The molecular formula is C33H34N2O2. The Morgan fingerprint density at radius 1 is 1.03 bits per heavy atom.